The van der Waals surface area contributed by atoms with Gasteiger partial charge >= 0.3 is 41.8 Å². The molecule has 0 aromatic heterocycles. The number of azide groups is 4. The summed E-state index contributed by atoms with van der Waals surface area (Å²) < 4.78 is 65.9. The van der Waals surface area contributed by atoms with Gasteiger partial charge in [0.05, 0.1) is 35.4 Å². The van der Waals surface area contributed by atoms with Gasteiger partial charge in [-0.05, 0) is 66.2 Å². The van der Waals surface area contributed by atoms with Crippen molar-refractivity contribution in [1.29, 1.82) is 0 Å². The molecule has 0 radical (unpaired) electrons. The van der Waals surface area contributed by atoms with Crippen LogP contribution in [0.3, 0.4) is 0 Å². The van der Waals surface area contributed by atoms with Gasteiger partial charge in [0.15, 0.2) is 49.2 Å². The van der Waals surface area contributed by atoms with Crippen LogP contribution in [0.5, 0.6) is 0 Å². The van der Waals surface area contributed by atoms with Crippen molar-refractivity contribution >= 4 is 47.7 Å². The summed E-state index contributed by atoms with van der Waals surface area (Å²) in [7, 11) is 0. The molecule has 1 amide bonds. The van der Waals surface area contributed by atoms with Crippen LogP contribution in [0.1, 0.15) is 82.0 Å². The maximum Gasteiger partial charge on any atom is 0.338 e. The molecule has 1 saturated carbocycles. The molecule has 2 aliphatic heterocycles. The smallest absolute Gasteiger partial charge is 0.338 e. The number of benzene rings is 2. The lowest BCUT2D eigenvalue weighted by Crippen LogP contribution is -2.67. The molecule has 3 fully saturated rings. The van der Waals surface area contributed by atoms with Gasteiger partial charge in [0.25, 0.3) is 5.91 Å². The van der Waals surface area contributed by atoms with Crippen LogP contribution in [-0.2, 0) is 80.9 Å². The first-order valence-electron chi connectivity index (χ1n) is 24.1. The van der Waals surface area contributed by atoms with Crippen molar-refractivity contribution in [2.24, 2.45) is 20.5 Å². The normalized spacial score (nSPS) is 28.0. The van der Waals surface area contributed by atoms with E-state index in [4.69, 9.17) is 57.6 Å². The van der Waals surface area contributed by atoms with Crippen molar-refractivity contribution in [3.05, 3.63) is 114 Å². The third-order valence-electron chi connectivity index (χ3n) is 12.1. The highest BCUT2D eigenvalue weighted by atomic mass is 16.8. The van der Waals surface area contributed by atoms with Crippen molar-refractivity contribution in [3.8, 4) is 0 Å². The number of nitrogens with one attached hydrogen (secondary N) is 1. The number of rotatable bonds is 23. The van der Waals surface area contributed by atoms with Crippen LogP contribution >= 0.6 is 0 Å². The van der Waals surface area contributed by atoms with Gasteiger partial charge < -0.3 is 57.4 Å². The van der Waals surface area contributed by atoms with Gasteiger partial charge in [0.1, 0.15) is 30.5 Å². The van der Waals surface area contributed by atoms with Crippen LogP contribution in [0.15, 0.2) is 81.1 Å². The number of hydrogen-bond acceptors (Lipinski definition) is 23. The van der Waals surface area contributed by atoms with Gasteiger partial charge in [0, 0.05) is 60.8 Å². The summed E-state index contributed by atoms with van der Waals surface area (Å²) in [6.07, 6.45) is -24.1. The lowest BCUT2D eigenvalue weighted by molar-refractivity contribution is -0.318. The topological polar surface area (TPSA) is 445 Å². The average Bonchev–Trinajstić information content (AvgIpc) is 3.75. The summed E-state index contributed by atoms with van der Waals surface area (Å²) in [5.41, 5.74) is 38.7. The van der Waals surface area contributed by atoms with Crippen LogP contribution in [0.25, 0.3) is 41.8 Å². The lowest BCUT2D eigenvalue weighted by atomic mass is 9.83. The first-order chi connectivity index (χ1) is 37.7. The Hall–Kier alpha value is -8.72. The fourth-order valence-electron chi connectivity index (χ4n) is 8.98. The summed E-state index contributed by atoms with van der Waals surface area (Å²) >= 11 is 0. The van der Waals surface area contributed by atoms with E-state index in [0.29, 0.717) is 0 Å². The predicted octanol–water partition coefficient (Wildman–Crippen LogP) is 4.98. The molecule has 2 heterocycles. The van der Waals surface area contributed by atoms with Gasteiger partial charge in [-0.2, -0.15) is 0 Å². The largest absolute Gasteiger partial charge is 0.460 e. The quantitative estimate of drug-likeness (QED) is 0.0504. The highest BCUT2D eigenvalue weighted by Gasteiger charge is 2.59. The van der Waals surface area contributed by atoms with Crippen LogP contribution in [-0.4, -0.2) is 158 Å². The third-order valence-corrected chi connectivity index (χ3v) is 12.1. The molecule has 0 unspecified atom stereocenters. The minimum absolute atomic E-state index is 0.0134. The summed E-state index contributed by atoms with van der Waals surface area (Å²) in [5, 5.41) is 17.5. The number of amides is 1. The number of carbonyl (C=O) groups excluding carboxylic acids is 8. The molecule has 422 valence electrons. The van der Waals surface area contributed by atoms with Gasteiger partial charge in [-0.15, -0.1) is 0 Å². The van der Waals surface area contributed by atoms with Crippen molar-refractivity contribution in [3.63, 3.8) is 0 Å². The molecule has 2 aromatic carbocycles. The molecule has 1 N–H and O–H groups in total. The highest BCUT2D eigenvalue weighted by Crippen LogP contribution is 2.40. The molecule has 0 bridgehead atoms. The molecule has 32 nitrogen and oxygen atoms in total. The van der Waals surface area contributed by atoms with Crippen molar-refractivity contribution in [1.82, 2.24) is 5.32 Å². The van der Waals surface area contributed by atoms with E-state index in [1.54, 1.807) is 12.1 Å². The molecule has 2 aromatic rings. The second-order valence-electron chi connectivity index (χ2n) is 17.8. The second kappa shape index (κ2) is 29.1. The Balaban J connectivity index is 1.77. The molecule has 1 aliphatic carbocycles. The highest BCUT2D eigenvalue weighted by molar-refractivity contribution is 5.90. The Kier molecular flexibility index (Phi) is 22.6. The summed E-state index contributed by atoms with van der Waals surface area (Å²) in [6.45, 7) is 7.31. The Morgan fingerprint density at radius 1 is 0.582 bits per heavy atom. The zero-order chi connectivity index (χ0) is 57.9. The van der Waals surface area contributed by atoms with Gasteiger partial charge in [0.2, 0.25) is 0 Å². The van der Waals surface area contributed by atoms with Crippen molar-refractivity contribution < 1.29 is 90.5 Å². The molecule has 0 spiro atoms. The van der Waals surface area contributed by atoms with Crippen LogP contribution < -0.4 is 5.32 Å². The molecular formula is C47H55N13O19. The number of esters is 7. The SMILES string of the molecule is CC(=O)O[C@H]1[C@H](OC(C)=O)[C@@H](N=[N+]=[N-])[C@@H](O[C@H]2[C@H](O[C@@H]3O[C@H]([C@@H](C)N=[N+]=[N-])[C@@H](OC(=O)c4ccccc4)[C@H]3OC(=O)c3ccccc3)[C@@H](OC(C)=O)[C@H](NC(=O)[C@H](CCN=[N+]=[N-])OC(C)=O)C[C@@H]2N=[N+]=[N-])O[C@@H]1[C@@H](C)OC(C)=O. The molecule has 17 atom stereocenters. The molecular weight excluding hydrogens is 1050 g/mol. The maximum absolute atomic E-state index is 14.2. The second-order valence-corrected chi connectivity index (χ2v) is 17.8. The maximum atomic E-state index is 14.2. The Morgan fingerprint density at radius 2 is 1.10 bits per heavy atom. The minimum Gasteiger partial charge on any atom is -0.460 e. The number of carbonyl (C=O) groups is 8. The van der Waals surface area contributed by atoms with E-state index in [-0.39, 0.29) is 24.1 Å². The average molecular weight is 1110 g/mol. The van der Waals surface area contributed by atoms with E-state index < -0.39 is 158 Å². The third kappa shape index (κ3) is 16.6. The summed E-state index contributed by atoms with van der Waals surface area (Å²) in [5.74, 6) is -7.90. The van der Waals surface area contributed by atoms with E-state index >= 15 is 0 Å². The summed E-state index contributed by atoms with van der Waals surface area (Å²) in [4.78, 5) is 117. The van der Waals surface area contributed by atoms with E-state index in [2.05, 4.69) is 45.4 Å². The molecule has 3 aliphatic rings. The molecule has 5 rings (SSSR count). The predicted molar refractivity (Wildman–Crippen MR) is 261 cm³/mol. The Labute approximate surface area is 448 Å². The first kappa shape index (κ1) is 61.1. The minimum atomic E-state index is -2.05. The van der Waals surface area contributed by atoms with E-state index in [1.165, 1.54) is 62.4 Å². The van der Waals surface area contributed by atoms with Crippen molar-refractivity contribution in [2.45, 2.75) is 165 Å². The monoisotopic (exact) mass is 1110 g/mol. The van der Waals surface area contributed by atoms with Crippen LogP contribution in [0.4, 0.5) is 0 Å². The number of ether oxygens (including phenoxy) is 11. The summed E-state index contributed by atoms with van der Waals surface area (Å²) in [6, 6.07) is 8.61. The van der Waals surface area contributed by atoms with Crippen molar-refractivity contribution in [2.75, 3.05) is 6.54 Å². The van der Waals surface area contributed by atoms with Gasteiger partial charge in [-0.25, -0.2) is 9.59 Å². The number of hydrogen-bond donors (Lipinski definition) is 1. The van der Waals surface area contributed by atoms with Gasteiger partial charge in [-0.1, -0.05) is 63.8 Å². The van der Waals surface area contributed by atoms with Crippen LogP contribution in [0, 0.1) is 0 Å². The lowest BCUT2D eigenvalue weighted by Gasteiger charge is -2.49. The zero-order valence-corrected chi connectivity index (χ0v) is 43.3. The van der Waals surface area contributed by atoms with E-state index in [1.807, 2.05) is 0 Å². The fourth-order valence-corrected chi connectivity index (χ4v) is 8.98. The molecule has 2 saturated heterocycles. The fraction of sp³-hybridized carbons (Fsp3) is 0.574. The van der Waals surface area contributed by atoms with Crippen LogP contribution in [0.2, 0.25) is 0 Å². The van der Waals surface area contributed by atoms with E-state index in [9.17, 15) is 54.9 Å². The Bertz CT molecular complexity index is 2740. The number of nitrogens with zero attached hydrogens (tertiary/aromatic N) is 12. The van der Waals surface area contributed by atoms with E-state index in [0.717, 1.165) is 34.6 Å². The standard InChI is InChI=1S/C47H55N13O19/c1-21(54-58-49)34-39(74-44(67)28-14-10-8-11-15-28)42(75-45(68)29-16-12-9-13-17-29)47(76-34)79-41-36(71-25(5)63)30(53-43(66)32(70-24(4)62)18-19-52-57-48)20-31(55-59-50)37(41)78-46-33(56-60-51)38(72-26(6)64)40(73-27(7)65)35(77-46)22(2)69-23(3)61/h8-17,21-22,30-42,46-47H,18-20H2,1-7H3,(H,53,66)/t21-,22-,30-,31+,32+,33-,34-,35-,36+,37-,38-,39-,40-,41-,42-,46-,47+/m1/s1. The molecule has 79 heavy (non-hydrogen) atoms. The first-order valence-corrected chi connectivity index (χ1v) is 24.1. The van der Waals surface area contributed by atoms with Gasteiger partial charge in [-0.3, -0.25) is 28.8 Å². The molecule has 32 heteroatoms. The Morgan fingerprint density at radius 3 is 1.63 bits per heavy atom. The zero-order valence-electron chi connectivity index (χ0n) is 43.3.